The lowest BCUT2D eigenvalue weighted by Crippen LogP contribution is -2.36. The van der Waals surface area contributed by atoms with Gasteiger partial charge in [0.2, 0.25) is 11.7 Å². The van der Waals surface area contributed by atoms with Gasteiger partial charge in [-0.15, -0.1) is 0 Å². The molecule has 0 aromatic heterocycles. The Bertz CT molecular complexity index is 984. The van der Waals surface area contributed by atoms with Crippen molar-refractivity contribution in [1.82, 2.24) is 10.2 Å². The van der Waals surface area contributed by atoms with Crippen LogP contribution in [0.3, 0.4) is 0 Å². The Labute approximate surface area is 201 Å². The third-order valence-electron chi connectivity index (χ3n) is 6.26. The van der Waals surface area contributed by atoms with E-state index in [2.05, 4.69) is 5.32 Å². The van der Waals surface area contributed by atoms with Gasteiger partial charge in [0.1, 0.15) is 0 Å². The summed E-state index contributed by atoms with van der Waals surface area (Å²) in [7, 11) is 6.30. The van der Waals surface area contributed by atoms with E-state index in [1.165, 1.54) is 0 Å². The van der Waals surface area contributed by atoms with Crippen molar-refractivity contribution in [3.63, 3.8) is 0 Å². The first-order valence-electron chi connectivity index (χ1n) is 11.4. The lowest BCUT2D eigenvalue weighted by Gasteiger charge is -2.21. The van der Waals surface area contributed by atoms with Gasteiger partial charge in [-0.25, -0.2) is 0 Å². The molecule has 184 valence electrons. The van der Waals surface area contributed by atoms with E-state index in [0.717, 1.165) is 17.5 Å². The van der Waals surface area contributed by atoms with Crippen molar-refractivity contribution >= 4 is 11.8 Å². The molecule has 1 heterocycles. The Hall–Kier alpha value is -3.26. The summed E-state index contributed by atoms with van der Waals surface area (Å²) in [5.41, 5.74) is 2.41. The summed E-state index contributed by atoms with van der Waals surface area (Å²) in [5, 5.41) is 3.01. The predicted molar refractivity (Wildman–Crippen MR) is 129 cm³/mol. The normalized spacial score (nSPS) is 17.4. The number of ether oxygens (including phenoxy) is 4. The number of methoxy groups -OCH3 is 4. The van der Waals surface area contributed by atoms with E-state index in [1.54, 1.807) is 33.3 Å². The number of likely N-dealkylation sites (tertiary alicyclic amines) is 1. The molecule has 1 fully saturated rings. The molecule has 1 saturated heterocycles. The second kappa shape index (κ2) is 11.7. The molecule has 8 nitrogen and oxygen atoms in total. The standard InChI is InChI=1S/C26H34N2O6/c1-17-9-6-7-10-19(17)26(30)28-15-20(21(16-28)25(29)27-11-8-12-31-2)18-13-22(32-3)24(34-5)23(14-18)33-4/h6-7,9-10,13-14,20-21H,8,11-12,15-16H2,1-5H3,(H,27,29)/t20-,21+/m0/s1. The highest BCUT2D eigenvalue weighted by atomic mass is 16.5. The van der Waals surface area contributed by atoms with Crippen LogP contribution in [0.4, 0.5) is 0 Å². The second-order valence-corrected chi connectivity index (χ2v) is 8.33. The molecule has 2 aromatic rings. The Morgan fingerprint density at radius 2 is 1.68 bits per heavy atom. The third-order valence-corrected chi connectivity index (χ3v) is 6.26. The minimum Gasteiger partial charge on any atom is -0.493 e. The van der Waals surface area contributed by atoms with Gasteiger partial charge in [-0.1, -0.05) is 18.2 Å². The number of hydrogen-bond donors (Lipinski definition) is 1. The highest BCUT2D eigenvalue weighted by molar-refractivity contribution is 5.96. The van der Waals surface area contributed by atoms with Crippen LogP contribution in [0, 0.1) is 12.8 Å². The average molecular weight is 471 g/mol. The number of aryl methyl sites for hydroxylation is 1. The maximum atomic E-state index is 13.4. The fourth-order valence-corrected chi connectivity index (χ4v) is 4.43. The summed E-state index contributed by atoms with van der Waals surface area (Å²) < 4.78 is 21.6. The summed E-state index contributed by atoms with van der Waals surface area (Å²) in [6.45, 7) is 3.72. The molecule has 0 unspecified atom stereocenters. The first-order chi connectivity index (χ1) is 16.4. The smallest absolute Gasteiger partial charge is 0.254 e. The van der Waals surface area contributed by atoms with Crippen LogP contribution in [0.2, 0.25) is 0 Å². The Kier molecular flexibility index (Phi) is 8.76. The van der Waals surface area contributed by atoms with Crippen LogP contribution in [0.5, 0.6) is 17.2 Å². The highest BCUT2D eigenvalue weighted by Crippen LogP contribution is 2.43. The Balaban J connectivity index is 1.94. The van der Waals surface area contributed by atoms with Crippen LogP contribution in [0.25, 0.3) is 0 Å². The van der Waals surface area contributed by atoms with Crippen LogP contribution in [0.15, 0.2) is 36.4 Å². The topological polar surface area (TPSA) is 86.3 Å². The van der Waals surface area contributed by atoms with Gasteiger partial charge in [-0.05, 0) is 42.7 Å². The van der Waals surface area contributed by atoms with Crippen LogP contribution < -0.4 is 19.5 Å². The van der Waals surface area contributed by atoms with Gasteiger partial charge >= 0.3 is 0 Å². The zero-order chi connectivity index (χ0) is 24.7. The number of carbonyl (C=O) groups is 2. The van der Waals surface area contributed by atoms with Crippen molar-refractivity contribution in [3.8, 4) is 17.2 Å². The molecule has 1 aliphatic heterocycles. The van der Waals surface area contributed by atoms with Gasteiger partial charge in [-0.2, -0.15) is 0 Å². The first kappa shape index (κ1) is 25.4. The van der Waals surface area contributed by atoms with E-state index in [1.807, 2.05) is 43.3 Å². The van der Waals surface area contributed by atoms with Gasteiger partial charge < -0.3 is 29.2 Å². The van der Waals surface area contributed by atoms with E-state index < -0.39 is 5.92 Å². The van der Waals surface area contributed by atoms with Gasteiger partial charge in [0, 0.05) is 44.8 Å². The zero-order valence-corrected chi connectivity index (χ0v) is 20.6. The predicted octanol–water partition coefficient (Wildman–Crippen LogP) is 3.03. The van der Waals surface area contributed by atoms with E-state index >= 15 is 0 Å². The third kappa shape index (κ3) is 5.44. The molecular weight excluding hydrogens is 436 g/mol. The molecule has 2 atom stereocenters. The number of nitrogens with zero attached hydrogens (tertiary/aromatic N) is 1. The average Bonchev–Trinajstić information content (AvgIpc) is 3.31. The SMILES string of the molecule is COCCCNC(=O)[C@@H]1CN(C(=O)c2ccccc2C)C[C@H]1c1cc(OC)c(OC)c(OC)c1. The molecule has 3 rings (SSSR count). The van der Waals surface area contributed by atoms with Crippen LogP contribution >= 0.6 is 0 Å². The number of rotatable bonds is 10. The van der Waals surface area contributed by atoms with Crippen molar-refractivity contribution < 1.29 is 28.5 Å². The van der Waals surface area contributed by atoms with Gasteiger partial charge in [-0.3, -0.25) is 9.59 Å². The van der Waals surface area contributed by atoms with Crippen LogP contribution in [-0.4, -0.2) is 71.4 Å². The molecule has 1 N–H and O–H groups in total. The largest absolute Gasteiger partial charge is 0.493 e. The summed E-state index contributed by atoms with van der Waals surface area (Å²) in [6, 6.07) is 11.2. The number of amides is 2. The van der Waals surface area contributed by atoms with Crippen molar-refractivity contribution in [2.75, 3.05) is 54.7 Å². The molecule has 0 saturated carbocycles. The molecule has 0 radical (unpaired) electrons. The summed E-state index contributed by atoms with van der Waals surface area (Å²) in [4.78, 5) is 28.3. The quantitative estimate of drug-likeness (QED) is 0.537. The minimum absolute atomic E-state index is 0.0785. The van der Waals surface area contributed by atoms with Gasteiger partial charge in [0.05, 0.1) is 27.2 Å². The molecule has 2 amide bonds. The monoisotopic (exact) mass is 470 g/mol. The first-order valence-corrected chi connectivity index (χ1v) is 11.4. The van der Waals surface area contributed by atoms with Crippen LogP contribution in [-0.2, 0) is 9.53 Å². The summed E-state index contributed by atoms with van der Waals surface area (Å²) >= 11 is 0. The number of nitrogens with one attached hydrogen (secondary N) is 1. The van der Waals surface area contributed by atoms with E-state index in [9.17, 15) is 9.59 Å². The van der Waals surface area contributed by atoms with E-state index in [0.29, 0.717) is 49.1 Å². The lowest BCUT2D eigenvalue weighted by atomic mass is 9.88. The fourth-order valence-electron chi connectivity index (χ4n) is 4.43. The molecule has 2 aromatic carbocycles. The zero-order valence-electron chi connectivity index (χ0n) is 20.6. The molecule has 0 aliphatic carbocycles. The molecule has 1 aliphatic rings. The van der Waals surface area contributed by atoms with Crippen molar-refractivity contribution in [1.29, 1.82) is 0 Å². The van der Waals surface area contributed by atoms with Crippen molar-refractivity contribution in [2.24, 2.45) is 5.92 Å². The molecule has 0 spiro atoms. The molecule has 34 heavy (non-hydrogen) atoms. The van der Waals surface area contributed by atoms with Crippen LogP contribution in [0.1, 0.15) is 33.8 Å². The molecule has 8 heteroatoms. The highest BCUT2D eigenvalue weighted by Gasteiger charge is 2.41. The van der Waals surface area contributed by atoms with Gasteiger partial charge in [0.25, 0.3) is 5.91 Å². The Morgan fingerprint density at radius 3 is 2.26 bits per heavy atom. The fraction of sp³-hybridized carbons (Fsp3) is 0.462. The van der Waals surface area contributed by atoms with E-state index in [4.69, 9.17) is 18.9 Å². The molecular formula is C26H34N2O6. The minimum atomic E-state index is -0.418. The van der Waals surface area contributed by atoms with E-state index in [-0.39, 0.29) is 17.7 Å². The maximum Gasteiger partial charge on any atom is 0.254 e. The maximum absolute atomic E-state index is 13.4. The van der Waals surface area contributed by atoms with Crippen molar-refractivity contribution in [3.05, 3.63) is 53.1 Å². The summed E-state index contributed by atoms with van der Waals surface area (Å²) in [6.07, 6.45) is 0.718. The number of benzene rings is 2. The lowest BCUT2D eigenvalue weighted by molar-refractivity contribution is -0.125. The number of carbonyl (C=O) groups excluding carboxylic acids is 2. The second-order valence-electron chi connectivity index (χ2n) is 8.33. The summed E-state index contributed by atoms with van der Waals surface area (Å²) in [5.74, 6) is 0.697. The molecule has 0 bridgehead atoms. The van der Waals surface area contributed by atoms with Gasteiger partial charge in [0.15, 0.2) is 11.5 Å². The Morgan fingerprint density at radius 1 is 1.00 bits per heavy atom. The number of hydrogen-bond acceptors (Lipinski definition) is 6. The van der Waals surface area contributed by atoms with Crippen molar-refractivity contribution in [2.45, 2.75) is 19.3 Å².